The number of piperidine rings is 1. The Balaban J connectivity index is 1.56. The fourth-order valence-corrected chi connectivity index (χ4v) is 4.80. The maximum atomic E-state index is 14.1. The number of nitrogens with zero attached hydrogens (tertiary/aromatic N) is 5. The highest BCUT2D eigenvalue weighted by Crippen LogP contribution is 2.35. The summed E-state index contributed by atoms with van der Waals surface area (Å²) in [4.78, 5) is 52.4. The predicted molar refractivity (Wildman–Crippen MR) is 138 cm³/mol. The lowest BCUT2D eigenvalue weighted by molar-refractivity contribution is -0.148. The Morgan fingerprint density at radius 2 is 1.90 bits per heavy atom. The van der Waals surface area contributed by atoms with Crippen molar-refractivity contribution in [2.75, 3.05) is 19.6 Å². The number of carbonyl (C=O) groups excluding carboxylic acids is 3. The maximum absolute atomic E-state index is 14.1. The zero-order chi connectivity index (χ0) is 30.9. The Bertz CT molecular complexity index is 1330. The van der Waals surface area contributed by atoms with Crippen molar-refractivity contribution in [1.29, 1.82) is 0 Å². The van der Waals surface area contributed by atoms with E-state index in [0.29, 0.717) is 0 Å². The molecule has 0 saturated carbocycles. The van der Waals surface area contributed by atoms with Crippen molar-refractivity contribution >= 4 is 17.9 Å². The zero-order valence-corrected chi connectivity index (χ0v) is 23.3. The van der Waals surface area contributed by atoms with Gasteiger partial charge in [-0.3, -0.25) is 14.6 Å². The molecule has 0 aromatic carbocycles. The van der Waals surface area contributed by atoms with Gasteiger partial charge < -0.3 is 19.9 Å². The van der Waals surface area contributed by atoms with E-state index in [-0.39, 0.29) is 55.1 Å². The molecule has 2 aliphatic heterocycles. The number of aromatic nitrogens is 3. The fraction of sp³-hybridized carbons (Fsp3) is 0.556. The Labute approximate surface area is 238 Å². The first-order chi connectivity index (χ1) is 19.5. The number of hydrogen-bond donors (Lipinski definition) is 1. The summed E-state index contributed by atoms with van der Waals surface area (Å²) in [6, 6.07) is 1.94. The average Bonchev–Trinajstić information content (AvgIpc) is 2.88. The molecule has 2 aliphatic rings. The van der Waals surface area contributed by atoms with Crippen LogP contribution in [-0.2, 0) is 33.5 Å². The molecule has 228 valence electrons. The Kier molecular flexibility index (Phi) is 8.69. The van der Waals surface area contributed by atoms with Gasteiger partial charge in [-0.2, -0.15) is 13.2 Å². The lowest BCUT2D eigenvalue weighted by Crippen LogP contribution is -2.53. The van der Waals surface area contributed by atoms with Crippen LogP contribution in [0.3, 0.4) is 0 Å². The predicted octanol–water partition coefficient (Wildman–Crippen LogP) is 3.98. The van der Waals surface area contributed by atoms with Crippen LogP contribution in [0.2, 0.25) is 0 Å². The van der Waals surface area contributed by atoms with Crippen LogP contribution in [0.5, 0.6) is 0 Å². The third-order valence-electron chi connectivity index (χ3n) is 6.67. The van der Waals surface area contributed by atoms with E-state index in [4.69, 9.17) is 4.74 Å². The van der Waals surface area contributed by atoms with Crippen LogP contribution in [0, 0.1) is 0 Å². The van der Waals surface area contributed by atoms with E-state index in [9.17, 15) is 36.3 Å². The second-order valence-electron chi connectivity index (χ2n) is 11.3. The summed E-state index contributed by atoms with van der Waals surface area (Å²) in [7, 11) is 0. The first kappa shape index (κ1) is 31.0. The largest absolute Gasteiger partial charge is 0.444 e. The molecule has 10 nitrogen and oxygen atoms in total. The smallest absolute Gasteiger partial charge is 0.433 e. The number of ether oxygens (including phenoxy) is 1. The molecule has 1 fully saturated rings. The number of halogens is 5. The fourth-order valence-electron chi connectivity index (χ4n) is 4.80. The third-order valence-corrected chi connectivity index (χ3v) is 6.67. The molecule has 0 spiro atoms. The normalized spacial score (nSPS) is 17.9. The molecule has 4 heterocycles. The number of carbonyl (C=O) groups is 3. The summed E-state index contributed by atoms with van der Waals surface area (Å²) in [5.41, 5.74) is -1.83. The second kappa shape index (κ2) is 11.8. The van der Waals surface area contributed by atoms with Gasteiger partial charge in [0.05, 0.1) is 24.8 Å². The molecule has 1 N–H and O–H groups in total. The minimum atomic E-state index is -4.76. The highest BCUT2D eigenvalue weighted by atomic mass is 19.4. The summed E-state index contributed by atoms with van der Waals surface area (Å²) in [6.07, 6.45) is -4.48. The SMILES string of the molecule is CC(C)(C)OC(=O)N[C@@H](CC(=O)N1CCc2c(nc(-c3cccnc3)nc2C(F)(F)F)C1)CN1CC(F)(F)CCC1=O. The van der Waals surface area contributed by atoms with Crippen molar-refractivity contribution in [3.05, 3.63) is 41.5 Å². The Hall–Kier alpha value is -3.91. The van der Waals surface area contributed by atoms with E-state index in [2.05, 4.69) is 20.3 Å². The molecule has 42 heavy (non-hydrogen) atoms. The molecule has 0 radical (unpaired) electrons. The van der Waals surface area contributed by atoms with Crippen molar-refractivity contribution in [3.8, 4) is 11.4 Å². The highest BCUT2D eigenvalue weighted by Gasteiger charge is 2.41. The molecule has 0 bridgehead atoms. The number of likely N-dealkylation sites (tertiary alicyclic amines) is 1. The van der Waals surface area contributed by atoms with Crippen molar-refractivity contribution in [2.24, 2.45) is 0 Å². The van der Waals surface area contributed by atoms with E-state index in [1.165, 1.54) is 29.4 Å². The number of fused-ring (bicyclic) bond motifs is 1. The molecule has 1 saturated heterocycles. The minimum Gasteiger partial charge on any atom is -0.444 e. The van der Waals surface area contributed by atoms with Crippen molar-refractivity contribution < 1.29 is 41.1 Å². The van der Waals surface area contributed by atoms with Crippen LogP contribution in [0.25, 0.3) is 11.4 Å². The molecule has 3 amide bonds. The van der Waals surface area contributed by atoms with Gasteiger partial charge in [-0.1, -0.05) is 0 Å². The van der Waals surface area contributed by atoms with E-state index in [1.807, 2.05) is 0 Å². The first-order valence-corrected chi connectivity index (χ1v) is 13.3. The van der Waals surface area contributed by atoms with Crippen molar-refractivity contribution in [1.82, 2.24) is 30.1 Å². The van der Waals surface area contributed by atoms with Crippen LogP contribution in [0.4, 0.5) is 26.7 Å². The van der Waals surface area contributed by atoms with Gasteiger partial charge in [-0.25, -0.2) is 23.5 Å². The van der Waals surface area contributed by atoms with Crippen molar-refractivity contribution in [3.63, 3.8) is 0 Å². The number of amides is 3. The summed E-state index contributed by atoms with van der Waals surface area (Å²) >= 11 is 0. The lowest BCUT2D eigenvalue weighted by Gasteiger charge is -2.36. The second-order valence-corrected chi connectivity index (χ2v) is 11.3. The van der Waals surface area contributed by atoms with Crippen LogP contribution < -0.4 is 5.32 Å². The summed E-state index contributed by atoms with van der Waals surface area (Å²) in [5.74, 6) is -4.44. The zero-order valence-electron chi connectivity index (χ0n) is 23.3. The number of rotatable bonds is 6. The van der Waals surface area contributed by atoms with Gasteiger partial charge in [0, 0.05) is 55.9 Å². The Morgan fingerprint density at radius 1 is 1.17 bits per heavy atom. The maximum Gasteiger partial charge on any atom is 0.433 e. The van der Waals surface area contributed by atoms with Crippen LogP contribution >= 0.6 is 0 Å². The van der Waals surface area contributed by atoms with Gasteiger partial charge in [0.1, 0.15) is 5.60 Å². The average molecular weight is 599 g/mol. The molecule has 15 heteroatoms. The third kappa shape index (κ3) is 7.88. The lowest BCUT2D eigenvalue weighted by atomic mass is 10.0. The molecule has 2 aromatic rings. The van der Waals surface area contributed by atoms with E-state index in [0.717, 1.165) is 4.90 Å². The van der Waals surface area contributed by atoms with E-state index >= 15 is 0 Å². The molecule has 0 aliphatic carbocycles. The number of nitrogens with one attached hydrogen (secondary N) is 1. The van der Waals surface area contributed by atoms with Crippen LogP contribution in [0.15, 0.2) is 24.5 Å². The van der Waals surface area contributed by atoms with Gasteiger partial charge >= 0.3 is 12.3 Å². The highest BCUT2D eigenvalue weighted by molar-refractivity contribution is 5.80. The van der Waals surface area contributed by atoms with Gasteiger partial charge in [0.2, 0.25) is 11.8 Å². The molecule has 0 unspecified atom stereocenters. The van der Waals surface area contributed by atoms with Gasteiger partial charge in [-0.15, -0.1) is 0 Å². The van der Waals surface area contributed by atoms with Gasteiger partial charge in [0.25, 0.3) is 5.92 Å². The molecule has 4 rings (SSSR count). The van der Waals surface area contributed by atoms with E-state index < -0.39 is 66.7 Å². The monoisotopic (exact) mass is 598 g/mol. The number of alkyl carbamates (subject to hydrolysis) is 1. The van der Waals surface area contributed by atoms with Crippen LogP contribution in [0.1, 0.15) is 57.0 Å². The molecular weight excluding hydrogens is 567 g/mol. The summed E-state index contributed by atoms with van der Waals surface area (Å²) in [6.45, 7) is 3.24. The molecule has 2 aromatic heterocycles. The molecule has 1 atom stereocenters. The molecular formula is C27H31F5N6O4. The van der Waals surface area contributed by atoms with Crippen molar-refractivity contribution in [2.45, 2.75) is 76.7 Å². The minimum absolute atomic E-state index is 0.0123. The quantitative estimate of drug-likeness (QED) is 0.500. The number of alkyl halides is 5. The first-order valence-electron chi connectivity index (χ1n) is 13.3. The van der Waals surface area contributed by atoms with Crippen LogP contribution in [-0.4, -0.2) is 79.9 Å². The van der Waals surface area contributed by atoms with E-state index in [1.54, 1.807) is 20.8 Å². The number of hydrogen-bond acceptors (Lipinski definition) is 7. The Morgan fingerprint density at radius 3 is 2.55 bits per heavy atom. The topological polar surface area (TPSA) is 118 Å². The standard InChI is InChI=1S/C27H31F5N6O4/c1-25(2,3)42-24(41)34-17(13-38-15-26(28,29)8-6-20(38)39)11-21(40)37-10-7-18-19(14-37)35-23(16-5-4-9-33-12-16)36-22(18)27(30,31)32/h4-5,9,12,17H,6-8,10-11,13-15H2,1-3H3,(H,34,41)/t17-/m0/s1. The van der Waals surface area contributed by atoms with Gasteiger partial charge in [0.15, 0.2) is 11.5 Å². The van der Waals surface area contributed by atoms with Gasteiger partial charge in [-0.05, 0) is 39.3 Å². The summed E-state index contributed by atoms with van der Waals surface area (Å²) in [5, 5.41) is 2.49. The summed E-state index contributed by atoms with van der Waals surface area (Å²) < 4.78 is 75.1. The number of pyridine rings is 1.